The first-order valence-electron chi connectivity index (χ1n) is 11.6. The summed E-state index contributed by atoms with van der Waals surface area (Å²) in [4.78, 5) is 15.9. The Balaban J connectivity index is 1.70. The van der Waals surface area contributed by atoms with E-state index in [0.29, 0.717) is 23.3 Å². The number of hydrogen-bond donors (Lipinski definition) is 1. The van der Waals surface area contributed by atoms with E-state index in [0.717, 1.165) is 27.9 Å². The smallest absolute Gasteiger partial charge is 0.337 e. The van der Waals surface area contributed by atoms with E-state index in [1.54, 1.807) is 18.3 Å². The number of nitrogens with zero attached hydrogens (tertiary/aromatic N) is 2. The van der Waals surface area contributed by atoms with Gasteiger partial charge in [0, 0.05) is 35.4 Å². The van der Waals surface area contributed by atoms with Gasteiger partial charge in [-0.3, -0.25) is 4.98 Å². The molecular formula is C30H27FN2O3. The molecule has 36 heavy (non-hydrogen) atoms. The Hall–Kier alpha value is -4.32. The van der Waals surface area contributed by atoms with Gasteiger partial charge in [-0.25, -0.2) is 9.18 Å². The zero-order valence-electron chi connectivity index (χ0n) is 20.4. The lowest BCUT2D eigenvalue weighted by Gasteiger charge is -2.21. The van der Waals surface area contributed by atoms with E-state index in [-0.39, 0.29) is 11.5 Å². The quantitative estimate of drug-likeness (QED) is 0.138. The number of hydrogen-bond acceptors (Lipinski definition) is 5. The fraction of sp³-hybridized carbons (Fsp3) is 0.167. The highest BCUT2D eigenvalue weighted by Crippen LogP contribution is 2.34. The van der Waals surface area contributed by atoms with Gasteiger partial charge in [-0.05, 0) is 60.4 Å². The molecule has 3 aromatic carbocycles. The summed E-state index contributed by atoms with van der Waals surface area (Å²) in [7, 11) is 1.26. The number of methoxy groups -OCH3 is 1. The second kappa shape index (κ2) is 11.0. The maximum Gasteiger partial charge on any atom is 0.337 e. The number of pyridine rings is 1. The highest BCUT2D eigenvalue weighted by atomic mass is 19.1. The zero-order valence-corrected chi connectivity index (χ0v) is 20.4. The second-order valence-electron chi connectivity index (χ2n) is 8.65. The molecule has 4 rings (SSSR count). The van der Waals surface area contributed by atoms with Crippen LogP contribution in [0.1, 0.15) is 50.6 Å². The minimum atomic E-state index is -0.581. The SMILES string of the molecule is COC(=O)c1ccc(-c2ccc(C(C/C(=N\O)c3ccnc(C)c3)c3ccccc3C)cc2)c(F)c1. The van der Waals surface area contributed by atoms with Gasteiger partial charge in [-0.2, -0.15) is 0 Å². The molecule has 0 spiro atoms. The molecule has 1 aromatic heterocycles. The van der Waals surface area contributed by atoms with E-state index < -0.39 is 11.8 Å². The van der Waals surface area contributed by atoms with Crippen LogP contribution < -0.4 is 0 Å². The monoisotopic (exact) mass is 482 g/mol. The second-order valence-corrected chi connectivity index (χ2v) is 8.65. The maximum absolute atomic E-state index is 14.8. The molecule has 0 saturated carbocycles. The first kappa shape index (κ1) is 24.8. The number of carbonyl (C=O) groups is 1. The minimum absolute atomic E-state index is 0.0915. The van der Waals surface area contributed by atoms with Crippen LogP contribution in [0.25, 0.3) is 11.1 Å². The summed E-state index contributed by atoms with van der Waals surface area (Å²) < 4.78 is 19.5. The summed E-state index contributed by atoms with van der Waals surface area (Å²) in [5.41, 5.74) is 6.71. The van der Waals surface area contributed by atoms with Gasteiger partial charge in [-0.1, -0.05) is 59.8 Å². The van der Waals surface area contributed by atoms with Crippen molar-refractivity contribution in [3.63, 3.8) is 0 Å². The molecule has 1 unspecified atom stereocenters. The molecule has 0 fully saturated rings. The summed E-state index contributed by atoms with van der Waals surface area (Å²) in [6.07, 6.45) is 2.17. The lowest BCUT2D eigenvalue weighted by molar-refractivity contribution is 0.0600. The standard InChI is InChI=1S/C30H27FN2O3/c1-19-6-4-5-7-25(19)27(18-29(33-35)23-14-15-32-20(2)16-23)22-10-8-21(9-11-22)26-13-12-24(17-28(26)31)30(34)36-3/h4-17,27,35H,18H2,1-3H3/b33-29+. The van der Waals surface area contributed by atoms with Crippen molar-refractivity contribution in [2.45, 2.75) is 26.2 Å². The fourth-order valence-electron chi connectivity index (χ4n) is 4.41. The van der Waals surface area contributed by atoms with Gasteiger partial charge in [0.25, 0.3) is 0 Å². The van der Waals surface area contributed by atoms with Crippen LogP contribution in [0.2, 0.25) is 0 Å². The Morgan fingerprint density at radius 2 is 1.75 bits per heavy atom. The van der Waals surface area contributed by atoms with Crippen LogP contribution in [0.5, 0.6) is 0 Å². The third-order valence-electron chi connectivity index (χ3n) is 6.33. The van der Waals surface area contributed by atoms with Crippen LogP contribution in [0.3, 0.4) is 0 Å². The highest BCUT2D eigenvalue weighted by molar-refractivity contribution is 6.01. The van der Waals surface area contributed by atoms with E-state index >= 15 is 0 Å². The van der Waals surface area contributed by atoms with Crippen molar-refractivity contribution in [2.24, 2.45) is 5.16 Å². The number of benzene rings is 3. The molecule has 1 N–H and O–H groups in total. The molecule has 0 aliphatic rings. The summed E-state index contributed by atoms with van der Waals surface area (Å²) in [6, 6.07) is 23.8. The van der Waals surface area contributed by atoms with E-state index in [9.17, 15) is 14.4 Å². The molecule has 182 valence electrons. The van der Waals surface area contributed by atoms with Gasteiger partial charge >= 0.3 is 5.97 Å². The number of aromatic nitrogens is 1. The Bertz CT molecular complexity index is 1410. The van der Waals surface area contributed by atoms with Gasteiger partial charge in [0.05, 0.1) is 18.4 Å². The van der Waals surface area contributed by atoms with Crippen LogP contribution in [0.15, 0.2) is 90.2 Å². The van der Waals surface area contributed by atoms with Gasteiger partial charge in [-0.15, -0.1) is 0 Å². The molecule has 0 saturated heterocycles. The van der Waals surface area contributed by atoms with Crippen molar-refractivity contribution in [1.29, 1.82) is 0 Å². The third-order valence-corrected chi connectivity index (χ3v) is 6.33. The van der Waals surface area contributed by atoms with E-state index in [4.69, 9.17) is 0 Å². The molecule has 0 bridgehead atoms. The molecule has 5 nitrogen and oxygen atoms in total. The van der Waals surface area contributed by atoms with E-state index in [2.05, 4.69) is 33.9 Å². The summed E-state index contributed by atoms with van der Waals surface area (Å²) in [6.45, 7) is 3.95. The number of carbonyl (C=O) groups excluding carboxylic acids is 1. The maximum atomic E-state index is 14.8. The van der Waals surface area contributed by atoms with Gasteiger partial charge < -0.3 is 9.94 Å². The molecule has 6 heteroatoms. The number of oxime groups is 1. The fourth-order valence-corrected chi connectivity index (χ4v) is 4.41. The number of aryl methyl sites for hydroxylation is 2. The van der Waals surface area contributed by atoms with Gasteiger partial charge in [0.1, 0.15) is 5.82 Å². The average Bonchev–Trinajstić information content (AvgIpc) is 2.90. The molecule has 0 radical (unpaired) electrons. The van der Waals surface area contributed by atoms with Crippen molar-refractivity contribution in [1.82, 2.24) is 4.98 Å². The topological polar surface area (TPSA) is 71.8 Å². The molecule has 0 aliphatic heterocycles. The minimum Gasteiger partial charge on any atom is -0.465 e. The van der Waals surface area contributed by atoms with Crippen molar-refractivity contribution in [3.05, 3.63) is 124 Å². The Morgan fingerprint density at radius 3 is 2.39 bits per heavy atom. The Morgan fingerprint density at radius 1 is 1.00 bits per heavy atom. The number of esters is 1. The average molecular weight is 483 g/mol. The summed E-state index contributed by atoms with van der Waals surface area (Å²) >= 11 is 0. The van der Waals surface area contributed by atoms with E-state index in [1.165, 1.54) is 13.2 Å². The van der Waals surface area contributed by atoms with Gasteiger partial charge in [0.15, 0.2) is 0 Å². The van der Waals surface area contributed by atoms with Crippen LogP contribution >= 0.6 is 0 Å². The van der Waals surface area contributed by atoms with Crippen molar-refractivity contribution in [2.75, 3.05) is 7.11 Å². The molecule has 4 aromatic rings. The highest BCUT2D eigenvalue weighted by Gasteiger charge is 2.21. The Kier molecular flexibility index (Phi) is 7.54. The number of halogens is 1. The molecule has 0 aliphatic carbocycles. The largest absolute Gasteiger partial charge is 0.465 e. The predicted octanol–water partition coefficient (Wildman–Crippen LogP) is 6.69. The van der Waals surface area contributed by atoms with Crippen LogP contribution in [0.4, 0.5) is 4.39 Å². The Labute approximate surface area is 209 Å². The van der Waals surface area contributed by atoms with Crippen LogP contribution in [-0.4, -0.2) is 29.0 Å². The lowest BCUT2D eigenvalue weighted by atomic mass is 9.83. The predicted molar refractivity (Wildman–Crippen MR) is 138 cm³/mol. The first-order chi connectivity index (χ1) is 17.4. The lowest BCUT2D eigenvalue weighted by Crippen LogP contribution is -2.12. The third kappa shape index (κ3) is 5.33. The molecule has 1 atom stereocenters. The zero-order chi connectivity index (χ0) is 25.7. The molecule has 1 heterocycles. The first-order valence-corrected chi connectivity index (χ1v) is 11.6. The summed E-state index contributed by atoms with van der Waals surface area (Å²) in [5, 5.41) is 13.5. The van der Waals surface area contributed by atoms with Crippen molar-refractivity contribution in [3.8, 4) is 11.1 Å². The van der Waals surface area contributed by atoms with Crippen molar-refractivity contribution >= 4 is 11.7 Å². The van der Waals surface area contributed by atoms with Gasteiger partial charge in [0.2, 0.25) is 0 Å². The van der Waals surface area contributed by atoms with Crippen molar-refractivity contribution < 1.29 is 19.1 Å². The number of rotatable bonds is 7. The molecular weight excluding hydrogens is 455 g/mol. The molecule has 0 amide bonds. The van der Waals surface area contributed by atoms with E-state index in [1.807, 2.05) is 55.5 Å². The van der Waals surface area contributed by atoms with Crippen LogP contribution in [0, 0.1) is 19.7 Å². The normalized spacial score (nSPS) is 12.3. The summed E-state index contributed by atoms with van der Waals surface area (Å²) in [5.74, 6) is -1.17. The number of ether oxygens (including phenoxy) is 1. The van der Waals surface area contributed by atoms with Crippen LogP contribution in [-0.2, 0) is 4.74 Å².